The number of carbonyl (C=O) groups excluding carboxylic acids is 1. The van der Waals surface area contributed by atoms with Crippen molar-refractivity contribution in [3.05, 3.63) is 24.3 Å². The van der Waals surface area contributed by atoms with Crippen LogP contribution in [0.1, 0.15) is 27.2 Å². The highest BCUT2D eigenvalue weighted by Gasteiger charge is 2.11. The molecule has 1 rings (SSSR count). The van der Waals surface area contributed by atoms with Crippen LogP contribution < -0.4 is 15.5 Å². The first kappa shape index (κ1) is 17.3. The Morgan fingerprint density at radius 3 is 2.62 bits per heavy atom. The lowest BCUT2D eigenvalue weighted by Crippen LogP contribution is -2.33. The third kappa shape index (κ3) is 6.04. The topological polar surface area (TPSA) is 64.6 Å². The second-order valence-corrected chi connectivity index (χ2v) is 5.56. The lowest BCUT2D eigenvalue weighted by molar-refractivity contribution is 0.163. The number of anilines is 2. The fraction of sp³-hybridized carbons (Fsp3) is 0.562. The molecule has 0 spiro atoms. The summed E-state index contributed by atoms with van der Waals surface area (Å²) in [6.45, 7) is 7.24. The number of hydrogen-bond donors (Lipinski definition) is 3. The number of amides is 2. The number of aliphatic hydroxyl groups is 1. The Labute approximate surface area is 127 Å². The van der Waals surface area contributed by atoms with Gasteiger partial charge in [0.2, 0.25) is 0 Å². The molecular weight excluding hydrogens is 266 g/mol. The summed E-state index contributed by atoms with van der Waals surface area (Å²) in [7, 11) is 1.99. The molecule has 0 aliphatic rings. The number of nitrogens with one attached hydrogen (secondary N) is 2. The molecule has 0 aliphatic heterocycles. The van der Waals surface area contributed by atoms with Gasteiger partial charge in [-0.25, -0.2) is 4.79 Å². The Balaban J connectivity index is 2.55. The van der Waals surface area contributed by atoms with Gasteiger partial charge in [-0.15, -0.1) is 0 Å². The molecule has 0 heterocycles. The zero-order valence-electron chi connectivity index (χ0n) is 13.4. The highest BCUT2D eigenvalue weighted by atomic mass is 16.3. The average molecular weight is 293 g/mol. The van der Waals surface area contributed by atoms with E-state index in [2.05, 4.69) is 22.5 Å². The van der Waals surface area contributed by atoms with Gasteiger partial charge in [0.1, 0.15) is 0 Å². The van der Waals surface area contributed by atoms with E-state index in [0.717, 1.165) is 17.9 Å². The van der Waals surface area contributed by atoms with Crippen LogP contribution in [0.25, 0.3) is 0 Å². The number of hydrogen-bond acceptors (Lipinski definition) is 3. The quantitative estimate of drug-likeness (QED) is 0.724. The molecule has 0 saturated heterocycles. The first-order chi connectivity index (χ1) is 9.93. The Bertz CT molecular complexity index is 449. The maximum atomic E-state index is 12.0. The monoisotopic (exact) mass is 293 g/mol. The number of carbonyl (C=O) groups is 1. The lowest BCUT2D eigenvalue weighted by Gasteiger charge is -2.21. The number of nitrogens with zero attached hydrogens (tertiary/aromatic N) is 1. The zero-order chi connectivity index (χ0) is 15.8. The summed E-state index contributed by atoms with van der Waals surface area (Å²) in [6.07, 6.45) is 0.332. The van der Waals surface area contributed by atoms with Gasteiger partial charge in [0.15, 0.2) is 0 Å². The van der Waals surface area contributed by atoms with Gasteiger partial charge in [0.25, 0.3) is 0 Å². The Morgan fingerprint density at radius 1 is 1.33 bits per heavy atom. The van der Waals surface area contributed by atoms with Crippen molar-refractivity contribution in [2.75, 3.05) is 30.4 Å². The minimum Gasteiger partial charge on any atom is -0.393 e. The minimum atomic E-state index is -0.344. The molecule has 2 atom stereocenters. The fourth-order valence-electron chi connectivity index (χ4n) is 2.18. The summed E-state index contributed by atoms with van der Waals surface area (Å²) in [6, 6.07) is 7.51. The number of rotatable bonds is 7. The Hall–Kier alpha value is -1.75. The van der Waals surface area contributed by atoms with E-state index >= 15 is 0 Å². The molecule has 0 fully saturated rings. The molecule has 3 N–H and O–H groups in total. The zero-order valence-corrected chi connectivity index (χ0v) is 13.4. The van der Waals surface area contributed by atoms with E-state index in [0.29, 0.717) is 13.0 Å². The maximum absolute atomic E-state index is 12.0. The highest BCUT2D eigenvalue weighted by molar-refractivity contribution is 5.93. The first-order valence-corrected chi connectivity index (χ1v) is 7.47. The molecule has 118 valence electrons. The number of aliphatic hydroxyl groups excluding tert-OH is 1. The van der Waals surface area contributed by atoms with Gasteiger partial charge in [0, 0.05) is 20.1 Å². The molecular formula is C16H27N3O2. The standard InChI is InChI=1S/C16H27N3O2/c1-5-19(4)15-9-7-6-8-14(15)18-16(21)17-11-12(2)10-13(3)20/h6-9,12-13,20H,5,10-11H2,1-4H3,(H2,17,18,21)/t12-,13-/m1/s1. The molecule has 0 unspecified atom stereocenters. The van der Waals surface area contributed by atoms with E-state index in [4.69, 9.17) is 0 Å². The van der Waals surface area contributed by atoms with Gasteiger partial charge in [-0.3, -0.25) is 0 Å². The Morgan fingerprint density at radius 2 is 2.00 bits per heavy atom. The van der Waals surface area contributed by atoms with E-state index in [1.807, 2.05) is 38.2 Å². The van der Waals surface area contributed by atoms with Crippen molar-refractivity contribution in [1.82, 2.24) is 5.32 Å². The maximum Gasteiger partial charge on any atom is 0.319 e. The first-order valence-electron chi connectivity index (χ1n) is 7.47. The molecule has 5 nitrogen and oxygen atoms in total. The molecule has 0 saturated carbocycles. The molecule has 5 heteroatoms. The van der Waals surface area contributed by atoms with Crippen LogP contribution in [0.5, 0.6) is 0 Å². The number of urea groups is 1. The average Bonchev–Trinajstić information content (AvgIpc) is 2.44. The predicted molar refractivity (Wildman–Crippen MR) is 87.9 cm³/mol. The van der Waals surface area contributed by atoms with Crippen molar-refractivity contribution >= 4 is 17.4 Å². The molecule has 1 aromatic carbocycles. The van der Waals surface area contributed by atoms with Crippen LogP contribution in [0.3, 0.4) is 0 Å². The van der Waals surface area contributed by atoms with Crippen LogP contribution in [0.2, 0.25) is 0 Å². The summed E-state index contributed by atoms with van der Waals surface area (Å²) >= 11 is 0. The summed E-state index contributed by atoms with van der Waals surface area (Å²) in [5.41, 5.74) is 1.79. The van der Waals surface area contributed by atoms with Gasteiger partial charge in [-0.1, -0.05) is 19.1 Å². The Kier molecular flexibility index (Phi) is 7.02. The van der Waals surface area contributed by atoms with Crippen LogP contribution in [-0.2, 0) is 0 Å². The van der Waals surface area contributed by atoms with Crippen LogP contribution in [-0.4, -0.2) is 37.4 Å². The summed E-state index contributed by atoms with van der Waals surface area (Å²) in [5, 5.41) is 15.0. The van der Waals surface area contributed by atoms with Gasteiger partial charge in [0.05, 0.1) is 17.5 Å². The van der Waals surface area contributed by atoms with Gasteiger partial charge >= 0.3 is 6.03 Å². The molecule has 1 aromatic rings. The van der Waals surface area contributed by atoms with Crippen molar-refractivity contribution in [2.24, 2.45) is 5.92 Å². The lowest BCUT2D eigenvalue weighted by atomic mass is 10.1. The van der Waals surface area contributed by atoms with E-state index in [1.165, 1.54) is 0 Å². The molecule has 0 aromatic heterocycles. The third-order valence-corrected chi connectivity index (χ3v) is 3.39. The largest absolute Gasteiger partial charge is 0.393 e. The summed E-state index contributed by atoms with van der Waals surface area (Å²) in [4.78, 5) is 14.0. The van der Waals surface area contributed by atoms with Gasteiger partial charge in [-0.2, -0.15) is 0 Å². The molecule has 0 aliphatic carbocycles. The van der Waals surface area contributed by atoms with E-state index < -0.39 is 0 Å². The van der Waals surface area contributed by atoms with Crippen molar-refractivity contribution in [2.45, 2.75) is 33.3 Å². The van der Waals surface area contributed by atoms with Crippen LogP contribution in [0.15, 0.2) is 24.3 Å². The number of benzene rings is 1. The summed E-state index contributed by atoms with van der Waals surface area (Å²) < 4.78 is 0. The predicted octanol–water partition coefficient (Wildman–Crippen LogP) is 2.67. The molecule has 0 bridgehead atoms. The highest BCUT2D eigenvalue weighted by Crippen LogP contribution is 2.24. The second-order valence-electron chi connectivity index (χ2n) is 5.56. The normalized spacial score (nSPS) is 13.4. The molecule has 2 amide bonds. The van der Waals surface area contributed by atoms with Crippen molar-refractivity contribution in [3.8, 4) is 0 Å². The van der Waals surface area contributed by atoms with Crippen molar-refractivity contribution in [3.63, 3.8) is 0 Å². The minimum absolute atomic E-state index is 0.218. The van der Waals surface area contributed by atoms with Crippen molar-refractivity contribution < 1.29 is 9.90 Å². The third-order valence-electron chi connectivity index (χ3n) is 3.39. The summed E-state index contributed by atoms with van der Waals surface area (Å²) in [5.74, 6) is 0.240. The second kappa shape index (κ2) is 8.52. The van der Waals surface area contributed by atoms with Gasteiger partial charge < -0.3 is 20.6 Å². The van der Waals surface area contributed by atoms with Crippen molar-refractivity contribution in [1.29, 1.82) is 0 Å². The van der Waals surface area contributed by atoms with E-state index in [9.17, 15) is 9.90 Å². The SMILES string of the molecule is CCN(C)c1ccccc1NC(=O)NC[C@H](C)C[C@@H](C)O. The molecule has 0 radical (unpaired) electrons. The molecule has 21 heavy (non-hydrogen) atoms. The van der Waals surface area contributed by atoms with Crippen LogP contribution >= 0.6 is 0 Å². The van der Waals surface area contributed by atoms with E-state index in [-0.39, 0.29) is 18.1 Å². The van der Waals surface area contributed by atoms with Crippen LogP contribution in [0.4, 0.5) is 16.2 Å². The van der Waals surface area contributed by atoms with Gasteiger partial charge in [-0.05, 0) is 38.3 Å². The van der Waals surface area contributed by atoms with E-state index in [1.54, 1.807) is 6.92 Å². The smallest absolute Gasteiger partial charge is 0.319 e. The fourth-order valence-corrected chi connectivity index (χ4v) is 2.18. The van der Waals surface area contributed by atoms with Crippen LogP contribution in [0, 0.1) is 5.92 Å². The number of para-hydroxylation sites is 2.